The highest BCUT2D eigenvalue weighted by Gasteiger charge is 2.26. The molecule has 2 rings (SSSR count). The standard InChI is InChI=1S/C20H24ClN3O4S/c1-3-24(14-19(25)22-13-16-9-11-17(21)12-10-16)20(26)15(2)23-29(27,28)18-7-5-4-6-8-18/h4-12,15,23H,3,13-14H2,1-2H3,(H,22,25)/t15-/m0/s1. The van der Waals surface area contributed by atoms with Crippen LogP contribution in [0.2, 0.25) is 5.02 Å². The number of hydrogen-bond donors (Lipinski definition) is 2. The monoisotopic (exact) mass is 437 g/mol. The molecule has 156 valence electrons. The number of likely N-dealkylation sites (N-methyl/N-ethyl adjacent to an activating group) is 1. The molecule has 2 aromatic rings. The normalized spacial score (nSPS) is 12.2. The van der Waals surface area contributed by atoms with E-state index in [1.807, 2.05) is 0 Å². The Labute approximate surface area is 176 Å². The third-order valence-electron chi connectivity index (χ3n) is 4.19. The lowest BCUT2D eigenvalue weighted by Gasteiger charge is -2.24. The summed E-state index contributed by atoms with van der Waals surface area (Å²) >= 11 is 5.83. The molecule has 29 heavy (non-hydrogen) atoms. The largest absolute Gasteiger partial charge is 0.350 e. The van der Waals surface area contributed by atoms with E-state index in [1.54, 1.807) is 49.4 Å². The second-order valence-corrected chi connectivity index (χ2v) is 8.56. The van der Waals surface area contributed by atoms with Crippen LogP contribution >= 0.6 is 11.6 Å². The highest BCUT2D eigenvalue weighted by molar-refractivity contribution is 7.89. The second kappa shape index (κ2) is 10.4. The van der Waals surface area contributed by atoms with Gasteiger partial charge < -0.3 is 10.2 Å². The van der Waals surface area contributed by atoms with Crippen LogP contribution in [0.15, 0.2) is 59.5 Å². The fourth-order valence-corrected chi connectivity index (χ4v) is 3.95. The maximum atomic E-state index is 12.6. The van der Waals surface area contributed by atoms with E-state index in [0.717, 1.165) is 5.56 Å². The van der Waals surface area contributed by atoms with Crippen LogP contribution in [-0.4, -0.2) is 44.3 Å². The van der Waals surface area contributed by atoms with E-state index in [1.165, 1.54) is 24.0 Å². The average molecular weight is 438 g/mol. The van der Waals surface area contributed by atoms with E-state index in [0.29, 0.717) is 11.6 Å². The third-order valence-corrected chi connectivity index (χ3v) is 6.00. The van der Waals surface area contributed by atoms with Crippen molar-refractivity contribution in [1.29, 1.82) is 0 Å². The summed E-state index contributed by atoms with van der Waals surface area (Å²) in [6.07, 6.45) is 0. The quantitative estimate of drug-likeness (QED) is 0.628. The molecular weight excluding hydrogens is 414 g/mol. The summed E-state index contributed by atoms with van der Waals surface area (Å²) < 4.78 is 27.1. The maximum Gasteiger partial charge on any atom is 0.241 e. The Kier molecular flexibility index (Phi) is 8.19. The Hall–Kier alpha value is -2.42. The minimum Gasteiger partial charge on any atom is -0.350 e. The van der Waals surface area contributed by atoms with Crippen LogP contribution in [0.5, 0.6) is 0 Å². The van der Waals surface area contributed by atoms with E-state index in [4.69, 9.17) is 11.6 Å². The molecule has 0 unspecified atom stereocenters. The molecule has 9 heteroatoms. The summed E-state index contributed by atoms with van der Waals surface area (Å²) in [5.74, 6) is -0.818. The van der Waals surface area contributed by atoms with Gasteiger partial charge in [0.25, 0.3) is 0 Å². The molecule has 0 aliphatic heterocycles. The number of carbonyl (C=O) groups is 2. The van der Waals surface area contributed by atoms with Crippen molar-refractivity contribution in [2.45, 2.75) is 31.3 Å². The lowest BCUT2D eigenvalue weighted by Crippen LogP contribution is -2.49. The number of rotatable bonds is 9. The molecule has 0 fully saturated rings. The molecule has 0 saturated heterocycles. The SMILES string of the molecule is CCN(CC(=O)NCc1ccc(Cl)cc1)C(=O)[C@H](C)NS(=O)(=O)c1ccccc1. The third kappa shape index (κ3) is 6.85. The summed E-state index contributed by atoms with van der Waals surface area (Å²) in [6.45, 7) is 3.59. The van der Waals surface area contributed by atoms with Crippen LogP contribution in [0, 0.1) is 0 Å². The number of nitrogens with zero attached hydrogens (tertiary/aromatic N) is 1. The average Bonchev–Trinajstić information content (AvgIpc) is 2.71. The minimum atomic E-state index is -3.83. The molecule has 0 spiro atoms. The number of carbonyl (C=O) groups excluding carboxylic acids is 2. The van der Waals surface area contributed by atoms with E-state index in [9.17, 15) is 18.0 Å². The number of nitrogens with one attached hydrogen (secondary N) is 2. The van der Waals surface area contributed by atoms with Gasteiger partial charge in [-0.1, -0.05) is 41.9 Å². The van der Waals surface area contributed by atoms with Crippen molar-refractivity contribution in [3.63, 3.8) is 0 Å². The van der Waals surface area contributed by atoms with Crippen LogP contribution in [0.1, 0.15) is 19.4 Å². The number of benzene rings is 2. The molecule has 1 atom stereocenters. The smallest absolute Gasteiger partial charge is 0.241 e. The molecule has 0 aliphatic rings. The zero-order valence-corrected chi connectivity index (χ0v) is 17.8. The molecule has 0 radical (unpaired) electrons. The molecule has 0 aliphatic carbocycles. The van der Waals surface area contributed by atoms with E-state index < -0.39 is 22.0 Å². The predicted molar refractivity (Wildman–Crippen MR) is 112 cm³/mol. The molecule has 2 amide bonds. The van der Waals surface area contributed by atoms with Gasteiger partial charge in [0, 0.05) is 18.1 Å². The van der Waals surface area contributed by atoms with Gasteiger partial charge in [0.15, 0.2) is 0 Å². The first-order valence-electron chi connectivity index (χ1n) is 9.10. The van der Waals surface area contributed by atoms with Crippen LogP contribution in [0.25, 0.3) is 0 Å². The van der Waals surface area contributed by atoms with Crippen LogP contribution < -0.4 is 10.0 Å². The summed E-state index contributed by atoms with van der Waals surface area (Å²) in [5, 5.41) is 3.34. The van der Waals surface area contributed by atoms with E-state index in [-0.39, 0.29) is 23.9 Å². The minimum absolute atomic E-state index is 0.0726. The zero-order valence-electron chi connectivity index (χ0n) is 16.3. The second-order valence-electron chi connectivity index (χ2n) is 6.41. The predicted octanol–water partition coefficient (Wildman–Crippen LogP) is 2.17. The molecular formula is C20H24ClN3O4S. The van der Waals surface area contributed by atoms with Gasteiger partial charge in [-0.2, -0.15) is 4.72 Å². The molecule has 0 aromatic heterocycles. The Morgan fingerprint density at radius 1 is 1.07 bits per heavy atom. The molecule has 0 bridgehead atoms. The topological polar surface area (TPSA) is 95.6 Å². The van der Waals surface area contributed by atoms with Crippen LogP contribution in [-0.2, 0) is 26.2 Å². The summed E-state index contributed by atoms with van der Waals surface area (Å²) in [7, 11) is -3.83. The summed E-state index contributed by atoms with van der Waals surface area (Å²) in [6, 6.07) is 13.8. The van der Waals surface area contributed by atoms with Crippen molar-refractivity contribution in [3.05, 3.63) is 65.2 Å². The molecule has 2 aromatic carbocycles. The first kappa shape index (κ1) is 22.9. The Balaban J connectivity index is 1.92. The molecule has 2 N–H and O–H groups in total. The highest BCUT2D eigenvalue weighted by atomic mass is 35.5. The van der Waals surface area contributed by atoms with Gasteiger partial charge in [-0.15, -0.1) is 0 Å². The lowest BCUT2D eigenvalue weighted by molar-refractivity contribution is -0.136. The van der Waals surface area contributed by atoms with Crippen molar-refractivity contribution in [2.24, 2.45) is 0 Å². The fraction of sp³-hybridized carbons (Fsp3) is 0.300. The Morgan fingerprint density at radius 3 is 2.28 bits per heavy atom. The van der Waals surface area contributed by atoms with Gasteiger partial charge in [0.05, 0.1) is 17.5 Å². The van der Waals surface area contributed by atoms with Crippen molar-refractivity contribution < 1.29 is 18.0 Å². The van der Waals surface area contributed by atoms with Gasteiger partial charge in [-0.05, 0) is 43.7 Å². The van der Waals surface area contributed by atoms with Crippen molar-refractivity contribution in [1.82, 2.24) is 14.9 Å². The lowest BCUT2D eigenvalue weighted by atomic mass is 10.2. The maximum absolute atomic E-state index is 12.6. The number of halogens is 1. The summed E-state index contributed by atoms with van der Waals surface area (Å²) in [5.41, 5.74) is 0.876. The number of amides is 2. The van der Waals surface area contributed by atoms with Crippen molar-refractivity contribution in [2.75, 3.05) is 13.1 Å². The van der Waals surface area contributed by atoms with Crippen LogP contribution in [0.3, 0.4) is 0 Å². The summed E-state index contributed by atoms with van der Waals surface area (Å²) in [4.78, 5) is 26.2. The zero-order chi connectivity index (χ0) is 21.4. The fourth-order valence-electron chi connectivity index (χ4n) is 2.60. The first-order chi connectivity index (χ1) is 13.7. The highest BCUT2D eigenvalue weighted by Crippen LogP contribution is 2.10. The van der Waals surface area contributed by atoms with Crippen LogP contribution in [0.4, 0.5) is 0 Å². The Bertz CT molecular complexity index is 934. The first-order valence-corrected chi connectivity index (χ1v) is 11.0. The number of sulfonamides is 1. The molecule has 7 nitrogen and oxygen atoms in total. The van der Waals surface area contributed by atoms with Gasteiger partial charge in [0.1, 0.15) is 0 Å². The van der Waals surface area contributed by atoms with Gasteiger partial charge in [-0.3, -0.25) is 9.59 Å². The molecule has 0 saturated carbocycles. The van der Waals surface area contributed by atoms with Gasteiger partial charge >= 0.3 is 0 Å². The number of hydrogen-bond acceptors (Lipinski definition) is 4. The van der Waals surface area contributed by atoms with Gasteiger partial charge in [0.2, 0.25) is 21.8 Å². The van der Waals surface area contributed by atoms with E-state index >= 15 is 0 Å². The van der Waals surface area contributed by atoms with Crippen molar-refractivity contribution in [3.8, 4) is 0 Å². The molecule has 0 heterocycles. The Morgan fingerprint density at radius 2 is 1.69 bits per heavy atom. The van der Waals surface area contributed by atoms with E-state index in [2.05, 4.69) is 10.0 Å². The van der Waals surface area contributed by atoms with Crippen molar-refractivity contribution >= 4 is 33.4 Å². The van der Waals surface area contributed by atoms with Gasteiger partial charge in [-0.25, -0.2) is 8.42 Å².